The lowest BCUT2D eigenvalue weighted by Crippen LogP contribution is -2.40. The van der Waals surface area contributed by atoms with E-state index in [-0.39, 0.29) is 5.92 Å². The minimum Gasteiger partial charge on any atom is -0.481 e. The second-order valence-corrected chi connectivity index (χ2v) is 6.17. The first-order valence-electron chi connectivity index (χ1n) is 8.04. The molecule has 0 spiro atoms. The number of hydrogen-bond acceptors (Lipinski definition) is 4. The van der Waals surface area contributed by atoms with Crippen molar-refractivity contribution >= 4 is 5.78 Å². The van der Waals surface area contributed by atoms with Crippen molar-refractivity contribution in [2.45, 2.75) is 51.1 Å². The van der Waals surface area contributed by atoms with E-state index in [0.29, 0.717) is 17.7 Å². The van der Waals surface area contributed by atoms with E-state index in [1.165, 1.54) is 12.8 Å². The van der Waals surface area contributed by atoms with E-state index in [2.05, 4.69) is 16.0 Å². The molecule has 4 heteroatoms. The molecule has 1 aliphatic carbocycles. The highest BCUT2D eigenvalue weighted by Gasteiger charge is 2.36. The predicted molar refractivity (Wildman–Crippen MR) is 81.2 cm³/mol. The summed E-state index contributed by atoms with van der Waals surface area (Å²) in [7, 11) is 1.66. The number of hydrogen-bond donors (Lipinski definition) is 0. The van der Waals surface area contributed by atoms with Crippen molar-refractivity contribution in [1.29, 1.82) is 0 Å². The number of nitrogens with zero attached hydrogens (tertiary/aromatic N) is 2. The van der Waals surface area contributed by atoms with E-state index in [1.54, 1.807) is 13.3 Å². The summed E-state index contributed by atoms with van der Waals surface area (Å²) in [5.41, 5.74) is 1.12. The molecule has 21 heavy (non-hydrogen) atoms. The molecule has 4 nitrogen and oxygen atoms in total. The number of carbonyl (C=O) groups excluding carboxylic acids is 1. The lowest BCUT2D eigenvalue weighted by molar-refractivity contribution is -0.126. The zero-order chi connectivity index (χ0) is 14.7. The van der Waals surface area contributed by atoms with Crippen LogP contribution in [0.25, 0.3) is 0 Å². The van der Waals surface area contributed by atoms with Gasteiger partial charge in [-0.3, -0.25) is 9.69 Å². The first-order chi connectivity index (χ1) is 10.3. The molecular weight excluding hydrogens is 264 g/mol. The van der Waals surface area contributed by atoms with Crippen LogP contribution in [-0.2, 0) is 11.3 Å². The van der Waals surface area contributed by atoms with Crippen molar-refractivity contribution in [2.24, 2.45) is 5.92 Å². The highest BCUT2D eigenvalue weighted by molar-refractivity contribution is 5.82. The third-order valence-corrected chi connectivity index (χ3v) is 4.90. The summed E-state index contributed by atoms with van der Waals surface area (Å²) in [5.74, 6) is 1.44. The first kappa shape index (κ1) is 14.5. The second-order valence-electron chi connectivity index (χ2n) is 6.17. The highest BCUT2D eigenvalue weighted by atomic mass is 16.5. The molecule has 0 bridgehead atoms. The maximum Gasteiger partial charge on any atom is 0.217 e. The third-order valence-electron chi connectivity index (χ3n) is 4.90. The van der Waals surface area contributed by atoms with Gasteiger partial charge < -0.3 is 4.74 Å². The molecule has 114 valence electrons. The van der Waals surface area contributed by atoms with E-state index in [4.69, 9.17) is 4.74 Å². The summed E-state index contributed by atoms with van der Waals surface area (Å²) >= 11 is 0. The minimum atomic E-state index is 0.254. The molecular formula is C17H24N2O2. The van der Waals surface area contributed by atoms with Crippen LogP contribution < -0.4 is 4.74 Å². The normalized spacial score (nSPS) is 27.0. The molecule has 0 amide bonds. The van der Waals surface area contributed by atoms with Crippen LogP contribution >= 0.6 is 0 Å². The van der Waals surface area contributed by atoms with Gasteiger partial charge >= 0.3 is 0 Å². The van der Waals surface area contributed by atoms with Gasteiger partial charge in [0.1, 0.15) is 5.78 Å². The summed E-state index contributed by atoms with van der Waals surface area (Å²) in [6.07, 6.45) is 8.25. The van der Waals surface area contributed by atoms with Gasteiger partial charge in [0.15, 0.2) is 0 Å². The lowest BCUT2D eigenvalue weighted by atomic mass is 9.82. The number of pyridine rings is 1. The Morgan fingerprint density at radius 2 is 2.24 bits per heavy atom. The molecule has 1 aromatic rings. The summed E-state index contributed by atoms with van der Waals surface area (Å²) in [4.78, 5) is 19.0. The Balaban J connectivity index is 1.73. The van der Waals surface area contributed by atoms with Crippen LogP contribution in [0, 0.1) is 5.92 Å². The smallest absolute Gasteiger partial charge is 0.217 e. The molecule has 0 N–H and O–H groups in total. The van der Waals surface area contributed by atoms with Gasteiger partial charge in [0.05, 0.1) is 7.11 Å². The number of Topliss-reactive ketones (excluding diaryl/α,β-unsaturated/α-hetero) is 1. The standard InChI is InChI=1S/C17H24N2O2/c1-21-17-13(6-4-10-18-17)12-19-11-5-8-15(19)14-7-2-3-9-16(14)20/h4,6,10,14-15H,2-3,5,7-9,11-12H2,1H3. The van der Waals surface area contributed by atoms with Gasteiger partial charge in [0, 0.05) is 36.7 Å². The maximum atomic E-state index is 12.2. The molecule has 1 saturated heterocycles. The molecule has 2 heterocycles. The summed E-state index contributed by atoms with van der Waals surface area (Å²) in [6.45, 7) is 1.91. The molecule has 0 radical (unpaired) electrons. The van der Waals surface area contributed by atoms with Gasteiger partial charge in [-0.05, 0) is 38.3 Å². The molecule has 3 rings (SSSR count). The van der Waals surface area contributed by atoms with Gasteiger partial charge in [0.2, 0.25) is 5.88 Å². The monoisotopic (exact) mass is 288 g/mol. The fraction of sp³-hybridized carbons (Fsp3) is 0.647. The van der Waals surface area contributed by atoms with Crippen molar-refractivity contribution in [1.82, 2.24) is 9.88 Å². The maximum absolute atomic E-state index is 12.2. The van der Waals surface area contributed by atoms with Crippen LogP contribution in [0.3, 0.4) is 0 Å². The summed E-state index contributed by atoms with van der Waals surface area (Å²) in [6, 6.07) is 4.45. The van der Waals surface area contributed by atoms with Gasteiger partial charge in [-0.15, -0.1) is 0 Å². The van der Waals surface area contributed by atoms with Crippen LogP contribution in [-0.4, -0.2) is 35.4 Å². The Kier molecular flexibility index (Phi) is 4.54. The molecule has 1 saturated carbocycles. The van der Waals surface area contributed by atoms with Crippen LogP contribution in [0.4, 0.5) is 0 Å². The molecule has 2 aliphatic rings. The minimum absolute atomic E-state index is 0.254. The number of ether oxygens (including phenoxy) is 1. The van der Waals surface area contributed by atoms with Crippen LogP contribution in [0.2, 0.25) is 0 Å². The van der Waals surface area contributed by atoms with Crippen molar-refractivity contribution in [3.8, 4) is 5.88 Å². The van der Waals surface area contributed by atoms with Gasteiger partial charge in [-0.1, -0.05) is 12.5 Å². The SMILES string of the molecule is COc1ncccc1CN1CCCC1C1CCCCC1=O. The Morgan fingerprint density at radius 3 is 3.05 bits per heavy atom. The Hall–Kier alpha value is -1.42. The summed E-state index contributed by atoms with van der Waals surface area (Å²) in [5, 5.41) is 0. The van der Waals surface area contributed by atoms with Crippen LogP contribution in [0.5, 0.6) is 5.88 Å². The number of ketones is 1. The van der Waals surface area contributed by atoms with Crippen molar-refractivity contribution < 1.29 is 9.53 Å². The first-order valence-corrected chi connectivity index (χ1v) is 8.04. The van der Waals surface area contributed by atoms with Crippen molar-refractivity contribution in [3.63, 3.8) is 0 Å². The van der Waals surface area contributed by atoms with Crippen LogP contribution in [0.1, 0.15) is 44.1 Å². The number of aromatic nitrogens is 1. The number of rotatable bonds is 4. The van der Waals surface area contributed by atoms with Crippen molar-refractivity contribution in [2.75, 3.05) is 13.7 Å². The molecule has 2 unspecified atom stereocenters. The molecule has 1 aromatic heterocycles. The largest absolute Gasteiger partial charge is 0.481 e. The number of likely N-dealkylation sites (tertiary alicyclic amines) is 1. The fourth-order valence-corrected chi connectivity index (χ4v) is 3.87. The van der Waals surface area contributed by atoms with E-state index in [1.807, 2.05) is 6.07 Å². The van der Waals surface area contributed by atoms with Crippen LogP contribution in [0.15, 0.2) is 18.3 Å². The van der Waals surface area contributed by atoms with E-state index >= 15 is 0 Å². The second kappa shape index (κ2) is 6.56. The summed E-state index contributed by atoms with van der Waals surface area (Å²) < 4.78 is 5.35. The lowest BCUT2D eigenvalue weighted by Gasteiger charge is -2.33. The zero-order valence-electron chi connectivity index (χ0n) is 12.8. The van der Waals surface area contributed by atoms with Crippen molar-refractivity contribution in [3.05, 3.63) is 23.9 Å². The average Bonchev–Trinajstić information content (AvgIpc) is 2.96. The zero-order valence-corrected chi connectivity index (χ0v) is 12.8. The molecule has 2 fully saturated rings. The van der Waals surface area contributed by atoms with E-state index in [0.717, 1.165) is 44.3 Å². The highest BCUT2D eigenvalue weighted by Crippen LogP contribution is 2.33. The quantitative estimate of drug-likeness (QED) is 0.854. The van der Waals surface area contributed by atoms with E-state index in [9.17, 15) is 4.79 Å². The average molecular weight is 288 g/mol. The van der Waals surface area contributed by atoms with Gasteiger partial charge in [-0.25, -0.2) is 4.98 Å². The fourth-order valence-electron chi connectivity index (χ4n) is 3.87. The molecule has 0 aromatic carbocycles. The Labute approximate surface area is 126 Å². The Bertz CT molecular complexity index is 503. The third kappa shape index (κ3) is 3.10. The predicted octanol–water partition coefficient (Wildman–Crippen LogP) is 2.81. The molecule has 1 aliphatic heterocycles. The Morgan fingerprint density at radius 1 is 1.33 bits per heavy atom. The number of methoxy groups -OCH3 is 1. The topological polar surface area (TPSA) is 42.4 Å². The van der Waals surface area contributed by atoms with Gasteiger partial charge in [-0.2, -0.15) is 0 Å². The molecule has 2 atom stereocenters. The van der Waals surface area contributed by atoms with Gasteiger partial charge in [0.25, 0.3) is 0 Å². The van der Waals surface area contributed by atoms with E-state index < -0.39 is 0 Å². The number of carbonyl (C=O) groups is 1.